The molecule has 33 heavy (non-hydrogen) atoms. The van der Waals surface area contributed by atoms with E-state index in [1.54, 1.807) is 12.1 Å². The Labute approximate surface area is 192 Å². The van der Waals surface area contributed by atoms with Gasteiger partial charge in [0.05, 0.1) is 21.8 Å². The molecule has 0 radical (unpaired) electrons. The molecule has 0 aliphatic carbocycles. The van der Waals surface area contributed by atoms with Crippen LogP contribution in [0.5, 0.6) is 0 Å². The third kappa shape index (κ3) is 3.48. The predicted octanol–water partition coefficient (Wildman–Crippen LogP) is 5.07. The first-order chi connectivity index (χ1) is 15.8. The molecule has 1 aliphatic heterocycles. The Kier molecular flexibility index (Phi) is 5.02. The average Bonchev–Trinajstić information content (AvgIpc) is 3.33. The molecule has 8 heteroatoms. The van der Waals surface area contributed by atoms with Crippen molar-refractivity contribution in [3.63, 3.8) is 0 Å². The number of carbonyl (C=O) groups excluding carboxylic acids is 2. The van der Waals surface area contributed by atoms with E-state index in [2.05, 4.69) is 9.97 Å². The van der Waals surface area contributed by atoms with E-state index in [0.29, 0.717) is 16.3 Å². The summed E-state index contributed by atoms with van der Waals surface area (Å²) in [6.07, 6.45) is 2.97. The van der Waals surface area contributed by atoms with Crippen LogP contribution in [0.3, 0.4) is 0 Å². The van der Waals surface area contributed by atoms with Crippen LogP contribution in [0.25, 0.3) is 16.0 Å². The number of amides is 1. The highest BCUT2D eigenvalue weighted by molar-refractivity contribution is 7.22. The van der Waals surface area contributed by atoms with E-state index in [1.807, 2.05) is 26.0 Å². The predicted molar refractivity (Wildman–Crippen MR) is 125 cm³/mol. The number of hydrogen-bond acceptors (Lipinski definition) is 6. The van der Waals surface area contributed by atoms with Crippen molar-refractivity contribution in [2.75, 3.05) is 4.90 Å². The van der Waals surface area contributed by atoms with Crippen LogP contribution in [0.2, 0.25) is 0 Å². The molecule has 1 fully saturated rings. The number of pyridine rings is 1. The quantitative estimate of drug-likeness (QED) is 0.263. The summed E-state index contributed by atoms with van der Waals surface area (Å²) in [5.41, 5.74) is 3.52. The van der Waals surface area contributed by atoms with Crippen LogP contribution in [-0.4, -0.2) is 26.8 Å². The SMILES string of the molecule is Cc1cc(C)c2nc(N3C(=O)C(=O)/C(=C(/O)c4ccncc4)C3c3ccc(F)cc3)sc2c1. The molecule has 1 atom stereocenters. The number of aromatic nitrogens is 2. The van der Waals surface area contributed by atoms with Gasteiger partial charge in [0.15, 0.2) is 5.13 Å². The molecule has 2 aromatic heterocycles. The van der Waals surface area contributed by atoms with Crippen LogP contribution >= 0.6 is 11.3 Å². The van der Waals surface area contributed by atoms with Gasteiger partial charge in [0.25, 0.3) is 5.78 Å². The molecule has 1 unspecified atom stereocenters. The zero-order chi connectivity index (χ0) is 23.3. The fraction of sp³-hybridized carbons (Fsp3) is 0.120. The van der Waals surface area contributed by atoms with Crippen molar-refractivity contribution in [2.24, 2.45) is 0 Å². The lowest BCUT2D eigenvalue weighted by Gasteiger charge is -2.23. The standard InChI is InChI=1S/C25H18FN3O3S/c1-13-11-14(2)20-18(12-13)33-25(28-20)29-21(15-3-5-17(26)6-4-15)19(23(31)24(29)32)22(30)16-7-9-27-10-8-16/h3-12,21,30H,1-2H3/b22-19+. The lowest BCUT2D eigenvalue weighted by Crippen LogP contribution is -2.29. The lowest BCUT2D eigenvalue weighted by molar-refractivity contribution is -0.132. The topological polar surface area (TPSA) is 83.4 Å². The van der Waals surface area contributed by atoms with Gasteiger partial charge < -0.3 is 5.11 Å². The molecule has 0 spiro atoms. The summed E-state index contributed by atoms with van der Waals surface area (Å²) >= 11 is 1.29. The van der Waals surface area contributed by atoms with Crippen LogP contribution < -0.4 is 4.90 Å². The van der Waals surface area contributed by atoms with Crippen molar-refractivity contribution < 1.29 is 19.1 Å². The molecule has 6 nitrogen and oxygen atoms in total. The largest absolute Gasteiger partial charge is 0.507 e. The fourth-order valence-corrected chi connectivity index (χ4v) is 5.29. The molecule has 1 aliphatic rings. The fourth-order valence-electron chi connectivity index (χ4n) is 4.12. The molecular weight excluding hydrogens is 441 g/mol. The number of hydrogen-bond donors (Lipinski definition) is 1. The van der Waals surface area contributed by atoms with Gasteiger partial charge in [0, 0.05) is 18.0 Å². The van der Waals surface area contributed by atoms with E-state index in [0.717, 1.165) is 21.3 Å². The van der Waals surface area contributed by atoms with Crippen LogP contribution in [0.1, 0.15) is 28.3 Å². The maximum atomic E-state index is 13.7. The number of carbonyl (C=O) groups is 2. The number of fused-ring (bicyclic) bond motifs is 1. The van der Waals surface area contributed by atoms with Gasteiger partial charge in [0.2, 0.25) is 0 Å². The summed E-state index contributed by atoms with van der Waals surface area (Å²) in [6, 6.07) is 11.6. The smallest absolute Gasteiger partial charge is 0.301 e. The Hall–Kier alpha value is -3.91. The van der Waals surface area contributed by atoms with Gasteiger partial charge in [-0.15, -0.1) is 0 Å². The second kappa shape index (κ2) is 7.90. The highest BCUT2D eigenvalue weighted by atomic mass is 32.1. The van der Waals surface area contributed by atoms with Gasteiger partial charge in [-0.25, -0.2) is 9.37 Å². The number of aliphatic hydroxyl groups excluding tert-OH is 1. The van der Waals surface area contributed by atoms with Crippen molar-refractivity contribution in [2.45, 2.75) is 19.9 Å². The number of rotatable bonds is 3. The molecule has 1 saturated heterocycles. The molecule has 0 saturated carbocycles. The van der Waals surface area contributed by atoms with Gasteiger partial charge in [0.1, 0.15) is 11.6 Å². The Morgan fingerprint density at radius 3 is 2.45 bits per heavy atom. The second-order valence-corrected chi connectivity index (χ2v) is 8.89. The van der Waals surface area contributed by atoms with Crippen molar-refractivity contribution in [1.29, 1.82) is 0 Å². The summed E-state index contributed by atoms with van der Waals surface area (Å²) in [5, 5.41) is 11.4. The zero-order valence-electron chi connectivity index (χ0n) is 17.7. The zero-order valence-corrected chi connectivity index (χ0v) is 18.6. The first-order valence-corrected chi connectivity index (χ1v) is 11.0. The number of halogens is 1. The van der Waals surface area contributed by atoms with E-state index in [9.17, 15) is 19.1 Å². The van der Waals surface area contributed by atoms with Crippen LogP contribution in [-0.2, 0) is 9.59 Å². The van der Waals surface area contributed by atoms with Crippen LogP contribution in [0.4, 0.5) is 9.52 Å². The minimum Gasteiger partial charge on any atom is -0.507 e. The number of ketones is 1. The lowest BCUT2D eigenvalue weighted by atomic mass is 9.95. The van der Waals surface area contributed by atoms with Crippen LogP contribution in [0, 0.1) is 19.7 Å². The maximum Gasteiger partial charge on any atom is 0.301 e. The van der Waals surface area contributed by atoms with E-state index in [1.165, 1.54) is 52.9 Å². The average molecular weight is 460 g/mol. The maximum absolute atomic E-state index is 13.7. The summed E-state index contributed by atoms with van der Waals surface area (Å²) in [6.45, 7) is 3.92. The number of anilines is 1. The molecule has 1 N–H and O–H groups in total. The molecule has 1 amide bonds. The van der Waals surface area contributed by atoms with E-state index < -0.39 is 23.5 Å². The molecule has 2 aromatic carbocycles. The Balaban J connectivity index is 1.75. The van der Waals surface area contributed by atoms with E-state index >= 15 is 0 Å². The van der Waals surface area contributed by atoms with Crippen molar-refractivity contribution in [1.82, 2.24) is 9.97 Å². The minimum atomic E-state index is -0.958. The second-order valence-electron chi connectivity index (χ2n) is 7.88. The minimum absolute atomic E-state index is 0.0787. The van der Waals surface area contributed by atoms with Crippen molar-refractivity contribution in [3.05, 3.63) is 94.6 Å². The number of Topliss-reactive ketones (excluding diaryl/α,β-unsaturated/α-hetero) is 1. The number of nitrogens with zero attached hydrogens (tertiary/aromatic N) is 3. The normalized spacial score (nSPS) is 17.8. The Bertz CT molecular complexity index is 1450. The molecule has 164 valence electrons. The highest BCUT2D eigenvalue weighted by Crippen LogP contribution is 2.44. The molecular formula is C25H18FN3O3S. The van der Waals surface area contributed by atoms with Crippen molar-refractivity contribution in [3.8, 4) is 0 Å². The summed E-state index contributed by atoms with van der Waals surface area (Å²) in [4.78, 5) is 36.3. The molecule has 0 bridgehead atoms. The first-order valence-electron chi connectivity index (χ1n) is 10.2. The van der Waals surface area contributed by atoms with E-state index in [4.69, 9.17) is 0 Å². The van der Waals surface area contributed by atoms with Gasteiger partial charge in [-0.3, -0.25) is 19.5 Å². The number of aryl methyl sites for hydroxylation is 2. The van der Waals surface area contributed by atoms with Gasteiger partial charge in [-0.1, -0.05) is 29.5 Å². The molecule has 4 aromatic rings. The first kappa shape index (κ1) is 21.0. The van der Waals surface area contributed by atoms with Gasteiger partial charge in [-0.05, 0) is 60.9 Å². The third-order valence-electron chi connectivity index (χ3n) is 5.61. The summed E-state index contributed by atoms with van der Waals surface area (Å²) in [7, 11) is 0. The number of thiazole rings is 1. The third-order valence-corrected chi connectivity index (χ3v) is 6.61. The van der Waals surface area contributed by atoms with E-state index in [-0.39, 0.29) is 11.3 Å². The monoisotopic (exact) mass is 459 g/mol. The number of benzene rings is 2. The van der Waals surface area contributed by atoms with Crippen molar-refractivity contribution >= 4 is 44.1 Å². The Morgan fingerprint density at radius 1 is 1.06 bits per heavy atom. The molecule has 5 rings (SSSR count). The summed E-state index contributed by atoms with van der Waals surface area (Å²) < 4.78 is 14.5. The van der Waals surface area contributed by atoms with Crippen LogP contribution in [0.15, 0.2) is 66.5 Å². The molecule has 3 heterocycles. The van der Waals surface area contributed by atoms with Gasteiger partial charge in [-0.2, -0.15) is 0 Å². The summed E-state index contributed by atoms with van der Waals surface area (Å²) in [5.74, 6) is -2.39. The van der Waals surface area contributed by atoms with Gasteiger partial charge >= 0.3 is 5.91 Å². The number of aliphatic hydroxyl groups is 1. The highest BCUT2D eigenvalue weighted by Gasteiger charge is 2.48. The Morgan fingerprint density at radius 2 is 1.76 bits per heavy atom.